The molecule has 4 rings (SSSR count). The Morgan fingerprint density at radius 2 is 1.24 bits per heavy atom. The Balaban J connectivity index is 0.00000386. The quantitative estimate of drug-likeness (QED) is 0.0221. The molecule has 1 aliphatic rings. The molecule has 0 radical (unpaired) electrons. The standard InChI is InChI=1S/C49H69N13O12.C2H4O2/c1-26(2)39(60-42(67)33(12-8-18-54-49(51)52)56-41(66)32(50)23-38(64)65)45(70)57-34(20-29-14-16-31(63)17-15-29)43(68)61-40(27(3)4)46(71)58-35(22-30-24-53-25-55-30)47(72)62-19-9-13-37(62)44(69)59-36(48(73)74)21-28-10-6-5-7-11-28;1-2(3)4/h5-7,10-11,14-17,24-27,32-37,39-40,63H,8-9,12-13,18-23,50H2,1-4H3,(H,53,55)(H,56,66)(H,57,70)(H,58,71)(H,59,69)(H,60,67)(H,61,68)(H,64,65)(H,73,74)(H4,51,52,54);1H3,(H,3,4)/t32-,33-,34-,35-,36-,37-,39-,40-;/m0./s1. The van der Waals surface area contributed by atoms with E-state index in [-0.39, 0.29) is 63.3 Å². The van der Waals surface area contributed by atoms with Crippen LogP contribution in [0.2, 0.25) is 0 Å². The van der Waals surface area contributed by atoms with Gasteiger partial charge in [-0.15, -0.1) is 0 Å². The Morgan fingerprint density at radius 3 is 1.77 bits per heavy atom. The van der Waals surface area contributed by atoms with E-state index in [2.05, 4.69) is 46.9 Å². The number of hydrogen-bond donors (Lipinski definition) is 14. The van der Waals surface area contributed by atoms with Gasteiger partial charge in [-0.2, -0.15) is 0 Å². The first-order valence-corrected chi connectivity index (χ1v) is 25.1. The number of phenols is 1. The summed E-state index contributed by atoms with van der Waals surface area (Å²) in [5.74, 6) is -10.6. The van der Waals surface area contributed by atoms with Crippen molar-refractivity contribution in [1.82, 2.24) is 46.8 Å². The number of aromatic amines is 1. The lowest BCUT2D eigenvalue weighted by Gasteiger charge is -2.31. The topological polar surface area (TPSA) is 446 Å². The predicted molar refractivity (Wildman–Crippen MR) is 281 cm³/mol. The van der Waals surface area contributed by atoms with Crippen molar-refractivity contribution in [2.24, 2.45) is 34.0 Å². The van der Waals surface area contributed by atoms with Gasteiger partial charge in [0, 0.05) is 51.2 Å². The molecule has 17 N–H and O–H groups in total. The zero-order valence-corrected chi connectivity index (χ0v) is 44.1. The fourth-order valence-corrected chi connectivity index (χ4v) is 8.15. The van der Waals surface area contributed by atoms with E-state index in [0.717, 1.165) is 6.92 Å². The molecule has 0 saturated carbocycles. The molecule has 0 bridgehead atoms. The van der Waals surface area contributed by atoms with Gasteiger partial charge in [0.05, 0.1) is 18.8 Å². The number of aromatic hydroxyl groups is 1. The maximum Gasteiger partial charge on any atom is 0.326 e. The number of benzene rings is 2. The lowest BCUT2D eigenvalue weighted by atomic mass is 9.98. The molecule has 1 saturated heterocycles. The molecule has 78 heavy (non-hydrogen) atoms. The Hall–Kier alpha value is -8.62. The van der Waals surface area contributed by atoms with Crippen molar-refractivity contribution < 1.29 is 68.4 Å². The second kappa shape index (κ2) is 31.4. The van der Waals surface area contributed by atoms with Gasteiger partial charge in [0.15, 0.2) is 5.96 Å². The number of guanidine groups is 1. The van der Waals surface area contributed by atoms with Crippen LogP contribution in [0.1, 0.15) is 83.5 Å². The molecule has 1 aliphatic heterocycles. The smallest absolute Gasteiger partial charge is 0.326 e. The van der Waals surface area contributed by atoms with Gasteiger partial charge >= 0.3 is 11.9 Å². The molecule has 426 valence electrons. The van der Waals surface area contributed by atoms with E-state index in [0.29, 0.717) is 23.2 Å². The number of phenolic OH excluding ortho intramolecular Hbond substituents is 1. The molecule has 0 spiro atoms. The van der Waals surface area contributed by atoms with Gasteiger partial charge in [-0.1, -0.05) is 70.2 Å². The Kier molecular flexibility index (Phi) is 25.7. The Bertz CT molecular complexity index is 2540. The number of hydrogen-bond acceptors (Lipinski definition) is 14. The molecule has 27 nitrogen and oxygen atoms in total. The summed E-state index contributed by atoms with van der Waals surface area (Å²) < 4.78 is 0. The summed E-state index contributed by atoms with van der Waals surface area (Å²) in [6.07, 6.45) is 2.55. The monoisotopic (exact) mass is 1090 g/mol. The number of carboxylic acids is 3. The highest BCUT2D eigenvalue weighted by atomic mass is 16.4. The van der Waals surface area contributed by atoms with E-state index >= 15 is 0 Å². The fourth-order valence-electron chi connectivity index (χ4n) is 8.15. The van der Waals surface area contributed by atoms with Crippen LogP contribution in [0.3, 0.4) is 0 Å². The number of aromatic nitrogens is 2. The minimum atomic E-state index is -1.51. The number of nitrogens with zero attached hydrogens (tertiary/aromatic N) is 3. The van der Waals surface area contributed by atoms with E-state index < -0.39 is 126 Å². The normalized spacial score (nSPS) is 15.5. The number of amides is 7. The lowest BCUT2D eigenvalue weighted by Crippen LogP contribution is -2.62. The second-order valence-corrected chi connectivity index (χ2v) is 19.2. The number of likely N-dealkylation sites (tertiary alicyclic amines) is 1. The predicted octanol–water partition coefficient (Wildman–Crippen LogP) is -1.61. The van der Waals surface area contributed by atoms with Gasteiger partial charge in [0.1, 0.15) is 48.0 Å². The highest BCUT2D eigenvalue weighted by Crippen LogP contribution is 2.21. The van der Waals surface area contributed by atoms with Crippen molar-refractivity contribution in [1.29, 1.82) is 0 Å². The van der Waals surface area contributed by atoms with Crippen LogP contribution in [0.5, 0.6) is 5.75 Å². The fraction of sp³-hybridized carbons (Fsp3) is 0.490. The van der Waals surface area contributed by atoms with E-state index in [1.165, 1.54) is 41.7 Å². The molecule has 2 heterocycles. The Labute approximate surface area is 450 Å². The van der Waals surface area contributed by atoms with Gasteiger partial charge in [-0.25, -0.2) is 9.78 Å². The zero-order valence-electron chi connectivity index (χ0n) is 44.1. The average molecular weight is 1090 g/mol. The molecular weight excluding hydrogens is 1020 g/mol. The van der Waals surface area contributed by atoms with E-state index in [9.17, 15) is 53.4 Å². The third-order valence-corrected chi connectivity index (χ3v) is 12.1. The molecule has 1 aromatic heterocycles. The largest absolute Gasteiger partial charge is 0.508 e. The number of carboxylic acid groups (broad SMARTS) is 3. The first-order valence-electron chi connectivity index (χ1n) is 25.1. The summed E-state index contributed by atoms with van der Waals surface area (Å²) >= 11 is 0. The number of imidazole rings is 1. The van der Waals surface area contributed by atoms with Gasteiger partial charge in [0.25, 0.3) is 5.97 Å². The van der Waals surface area contributed by atoms with Gasteiger partial charge < -0.3 is 79.4 Å². The minimum absolute atomic E-state index is 0.00251. The first kappa shape index (κ1) is 63.7. The van der Waals surface area contributed by atoms with Crippen LogP contribution in [0, 0.1) is 11.8 Å². The van der Waals surface area contributed by atoms with Crippen LogP contribution in [0.4, 0.5) is 0 Å². The number of nitrogens with one attached hydrogen (secondary N) is 7. The highest BCUT2D eigenvalue weighted by Gasteiger charge is 2.41. The number of carbonyl (C=O) groups is 10. The third kappa shape index (κ3) is 21.5. The van der Waals surface area contributed by atoms with Crippen LogP contribution >= 0.6 is 0 Å². The Morgan fingerprint density at radius 1 is 0.705 bits per heavy atom. The lowest BCUT2D eigenvalue weighted by molar-refractivity contribution is -0.145. The first-order chi connectivity index (χ1) is 36.8. The van der Waals surface area contributed by atoms with E-state index in [1.807, 2.05) is 0 Å². The number of aliphatic imine (C=N–C) groups is 1. The summed E-state index contributed by atoms with van der Waals surface area (Å²) in [5.41, 5.74) is 18.2. The third-order valence-electron chi connectivity index (χ3n) is 12.1. The molecule has 2 aromatic carbocycles. The number of aliphatic carboxylic acids is 3. The van der Waals surface area contributed by atoms with Crippen molar-refractivity contribution in [2.75, 3.05) is 13.1 Å². The molecule has 1 fully saturated rings. The number of nitrogens with two attached hydrogens (primary N) is 3. The van der Waals surface area contributed by atoms with Crippen LogP contribution < -0.4 is 49.1 Å². The van der Waals surface area contributed by atoms with E-state index in [1.54, 1.807) is 58.0 Å². The SMILES string of the molecule is CC(=O)O.CC(C)[C@H](NC(=O)[C@H](CCCN=C(N)N)NC(=O)[C@@H](N)CC(=O)O)C(=O)N[C@@H](Cc1ccc(O)cc1)C(=O)N[C@H](C(=O)N[C@@H](Cc1cnc[nH]1)C(=O)N1CCC[C@H]1C(=O)N[C@@H](Cc1ccccc1)C(=O)O)C(C)C. The summed E-state index contributed by atoms with van der Waals surface area (Å²) in [5, 5.41) is 52.3. The van der Waals surface area contributed by atoms with Crippen molar-refractivity contribution in [3.05, 3.63) is 83.9 Å². The maximum absolute atomic E-state index is 14.5. The summed E-state index contributed by atoms with van der Waals surface area (Å²) in [6.45, 7) is 7.79. The molecule has 27 heteroatoms. The molecule has 8 atom stereocenters. The summed E-state index contributed by atoms with van der Waals surface area (Å²) in [4.78, 5) is 143. The van der Waals surface area contributed by atoms with Crippen molar-refractivity contribution in [3.63, 3.8) is 0 Å². The van der Waals surface area contributed by atoms with Crippen molar-refractivity contribution in [2.45, 2.75) is 134 Å². The van der Waals surface area contributed by atoms with Gasteiger partial charge in [-0.05, 0) is 60.8 Å². The number of carbonyl (C=O) groups excluding carboxylic acids is 7. The molecule has 0 aliphatic carbocycles. The van der Waals surface area contributed by atoms with Crippen LogP contribution in [0.25, 0.3) is 0 Å². The average Bonchev–Trinajstić information content (AvgIpc) is 4.09. The van der Waals surface area contributed by atoms with Crippen LogP contribution in [-0.4, -0.2) is 162 Å². The zero-order chi connectivity index (χ0) is 58.2. The summed E-state index contributed by atoms with van der Waals surface area (Å²) in [6, 6.07) is 3.91. The van der Waals surface area contributed by atoms with Crippen LogP contribution in [0.15, 0.2) is 72.1 Å². The van der Waals surface area contributed by atoms with Crippen molar-refractivity contribution in [3.8, 4) is 5.75 Å². The molecule has 7 amide bonds. The molecule has 3 aromatic rings. The second-order valence-electron chi connectivity index (χ2n) is 19.2. The minimum Gasteiger partial charge on any atom is -0.508 e. The number of rotatable bonds is 28. The summed E-state index contributed by atoms with van der Waals surface area (Å²) in [7, 11) is 0. The molecular formula is C51H73N13O14. The van der Waals surface area contributed by atoms with Crippen LogP contribution in [-0.2, 0) is 67.2 Å². The highest BCUT2D eigenvalue weighted by molar-refractivity contribution is 5.98. The van der Waals surface area contributed by atoms with Crippen molar-refractivity contribution >= 4 is 65.2 Å². The maximum atomic E-state index is 14.5. The van der Waals surface area contributed by atoms with Gasteiger partial charge in [0.2, 0.25) is 41.4 Å². The molecule has 0 unspecified atom stereocenters. The van der Waals surface area contributed by atoms with Gasteiger partial charge in [-0.3, -0.25) is 48.1 Å². The number of H-pyrrole nitrogens is 1. The van der Waals surface area contributed by atoms with E-state index in [4.69, 9.17) is 32.2 Å².